The molecular formula is C14H19F3N2OS. The van der Waals surface area contributed by atoms with Gasteiger partial charge in [0, 0.05) is 24.4 Å². The van der Waals surface area contributed by atoms with E-state index in [1.54, 1.807) is 0 Å². The molecule has 3 nitrogen and oxygen atoms in total. The molecule has 2 atom stereocenters. The molecule has 2 rings (SSSR count). The van der Waals surface area contributed by atoms with Crippen LogP contribution in [0.4, 0.5) is 18.9 Å². The molecular weight excluding hydrogens is 301 g/mol. The molecule has 7 heteroatoms. The largest absolute Gasteiger partial charge is 0.391 e. The van der Waals surface area contributed by atoms with Crippen LogP contribution in [-0.2, 0) is 11.3 Å². The monoisotopic (exact) mass is 320 g/mol. The Morgan fingerprint density at radius 2 is 2.19 bits per heavy atom. The van der Waals surface area contributed by atoms with E-state index in [2.05, 4.69) is 10.6 Å². The van der Waals surface area contributed by atoms with E-state index in [4.69, 9.17) is 0 Å². The van der Waals surface area contributed by atoms with E-state index in [-0.39, 0.29) is 24.8 Å². The minimum absolute atomic E-state index is 0.113. The fourth-order valence-corrected chi connectivity index (χ4v) is 3.47. The van der Waals surface area contributed by atoms with Crippen LogP contribution in [0.3, 0.4) is 0 Å². The van der Waals surface area contributed by atoms with Crippen LogP contribution in [0, 0.1) is 5.92 Å². The highest BCUT2D eigenvalue weighted by atomic mass is 32.1. The average Bonchev–Trinajstić information content (AvgIpc) is 2.82. The lowest BCUT2D eigenvalue weighted by molar-refractivity contribution is -0.183. The Balaban J connectivity index is 1.88. The molecule has 1 fully saturated rings. The number of hydrogen-bond acceptors (Lipinski definition) is 3. The van der Waals surface area contributed by atoms with Crippen molar-refractivity contribution in [1.29, 1.82) is 0 Å². The van der Waals surface area contributed by atoms with Crippen molar-refractivity contribution in [3.8, 4) is 0 Å². The van der Waals surface area contributed by atoms with Crippen molar-refractivity contribution in [1.82, 2.24) is 5.32 Å². The van der Waals surface area contributed by atoms with Gasteiger partial charge in [-0.3, -0.25) is 4.79 Å². The number of amides is 1. The van der Waals surface area contributed by atoms with Gasteiger partial charge in [-0.15, -0.1) is 11.3 Å². The van der Waals surface area contributed by atoms with E-state index in [1.807, 2.05) is 11.4 Å². The predicted molar refractivity (Wildman–Crippen MR) is 77.3 cm³/mol. The number of alkyl halides is 3. The van der Waals surface area contributed by atoms with Gasteiger partial charge in [-0.1, -0.05) is 6.42 Å². The van der Waals surface area contributed by atoms with E-state index in [0.29, 0.717) is 13.0 Å². The van der Waals surface area contributed by atoms with Crippen LogP contribution >= 0.6 is 11.3 Å². The minimum atomic E-state index is -4.09. The molecule has 1 amide bonds. The van der Waals surface area contributed by atoms with Gasteiger partial charge in [0.25, 0.3) is 0 Å². The van der Waals surface area contributed by atoms with Crippen LogP contribution in [0.2, 0.25) is 0 Å². The molecule has 2 N–H and O–H groups in total. The Kier molecular flexibility index (Phi) is 5.27. The highest BCUT2D eigenvalue weighted by Gasteiger charge is 2.41. The number of thiophene rings is 1. The summed E-state index contributed by atoms with van der Waals surface area (Å²) < 4.78 is 38.3. The zero-order valence-electron chi connectivity index (χ0n) is 11.8. The summed E-state index contributed by atoms with van der Waals surface area (Å²) in [7, 11) is 0. The molecule has 1 saturated carbocycles. The lowest BCUT2D eigenvalue weighted by atomic mass is 9.85. The van der Waals surface area contributed by atoms with Crippen LogP contribution in [0.5, 0.6) is 0 Å². The fraction of sp³-hybridized carbons (Fsp3) is 0.643. The zero-order valence-corrected chi connectivity index (χ0v) is 12.6. The lowest BCUT2D eigenvalue weighted by Crippen LogP contribution is -2.38. The summed E-state index contributed by atoms with van der Waals surface area (Å²) >= 11 is 1.49. The van der Waals surface area contributed by atoms with E-state index in [9.17, 15) is 18.0 Å². The van der Waals surface area contributed by atoms with Crippen molar-refractivity contribution in [2.24, 2.45) is 5.92 Å². The zero-order chi connectivity index (χ0) is 15.5. The first kappa shape index (κ1) is 16.3. The van der Waals surface area contributed by atoms with Crippen LogP contribution in [0.25, 0.3) is 0 Å². The van der Waals surface area contributed by atoms with Gasteiger partial charge in [-0.2, -0.15) is 13.2 Å². The first-order valence-electron chi connectivity index (χ1n) is 7.00. The second kappa shape index (κ2) is 6.79. The van der Waals surface area contributed by atoms with Gasteiger partial charge in [0.2, 0.25) is 5.91 Å². The first-order valence-corrected chi connectivity index (χ1v) is 7.88. The molecule has 0 spiro atoms. The van der Waals surface area contributed by atoms with Crippen LogP contribution in [0.15, 0.2) is 11.4 Å². The van der Waals surface area contributed by atoms with Gasteiger partial charge >= 0.3 is 6.18 Å². The summed E-state index contributed by atoms with van der Waals surface area (Å²) in [5.74, 6) is -1.34. The van der Waals surface area contributed by atoms with Crippen LogP contribution < -0.4 is 10.6 Å². The summed E-state index contributed by atoms with van der Waals surface area (Å²) in [6.45, 7) is 1.92. The molecule has 0 bridgehead atoms. The Hall–Kier alpha value is -1.08. The highest BCUT2D eigenvalue weighted by Crippen LogP contribution is 2.37. The smallest absolute Gasteiger partial charge is 0.325 e. The van der Waals surface area contributed by atoms with E-state index in [0.717, 1.165) is 17.0 Å². The number of carbonyl (C=O) groups is 1. The standard InChI is InChI=1S/C14H19F3N2OS/c1-9(20)19-12-5-6-21-13(12)8-18-11-4-2-3-10(7-11)14(15,16)17/h5-6,10-11,18H,2-4,7-8H2,1H3,(H,19,20). The third-order valence-electron chi connectivity index (χ3n) is 3.74. The number of nitrogens with one attached hydrogen (secondary N) is 2. The molecule has 2 unspecified atom stereocenters. The maximum atomic E-state index is 12.8. The highest BCUT2D eigenvalue weighted by molar-refractivity contribution is 7.10. The van der Waals surface area contributed by atoms with Gasteiger partial charge in [-0.05, 0) is 30.7 Å². The Morgan fingerprint density at radius 1 is 1.43 bits per heavy atom. The molecule has 0 aromatic carbocycles. The number of carbonyl (C=O) groups excluding carboxylic acids is 1. The summed E-state index contributed by atoms with van der Waals surface area (Å²) in [6.07, 6.45) is -2.34. The minimum Gasteiger partial charge on any atom is -0.325 e. The quantitative estimate of drug-likeness (QED) is 0.883. The number of hydrogen-bond donors (Lipinski definition) is 2. The van der Waals surface area contributed by atoms with Gasteiger partial charge in [0.15, 0.2) is 0 Å². The van der Waals surface area contributed by atoms with Gasteiger partial charge in [0.05, 0.1) is 11.6 Å². The molecule has 1 aromatic heterocycles. The molecule has 0 radical (unpaired) electrons. The fourth-order valence-electron chi connectivity index (χ4n) is 2.69. The SMILES string of the molecule is CC(=O)Nc1ccsc1CNC1CCCC(C(F)(F)F)C1. The maximum absolute atomic E-state index is 12.8. The van der Waals surface area contributed by atoms with E-state index >= 15 is 0 Å². The third kappa shape index (κ3) is 4.71. The molecule has 118 valence electrons. The van der Waals surface area contributed by atoms with Gasteiger partial charge < -0.3 is 10.6 Å². The summed E-state index contributed by atoms with van der Waals surface area (Å²) in [4.78, 5) is 12.0. The third-order valence-corrected chi connectivity index (χ3v) is 4.67. The summed E-state index contributed by atoms with van der Waals surface area (Å²) in [5.41, 5.74) is 0.739. The van der Waals surface area contributed by atoms with Gasteiger partial charge in [-0.25, -0.2) is 0 Å². The van der Waals surface area contributed by atoms with Crippen molar-refractivity contribution in [2.45, 2.75) is 51.4 Å². The first-order chi connectivity index (χ1) is 9.86. The Morgan fingerprint density at radius 3 is 2.86 bits per heavy atom. The van der Waals surface area contributed by atoms with Crippen LogP contribution in [-0.4, -0.2) is 18.1 Å². The Bertz CT molecular complexity index is 487. The lowest BCUT2D eigenvalue weighted by Gasteiger charge is -2.31. The normalized spacial score (nSPS) is 23.0. The molecule has 0 saturated heterocycles. The van der Waals surface area contributed by atoms with Crippen LogP contribution in [0.1, 0.15) is 37.5 Å². The van der Waals surface area contributed by atoms with Crippen molar-refractivity contribution in [3.63, 3.8) is 0 Å². The molecule has 1 aromatic rings. The van der Waals surface area contributed by atoms with Gasteiger partial charge in [0.1, 0.15) is 0 Å². The van der Waals surface area contributed by atoms with Crippen molar-refractivity contribution < 1.29 is 18.0 Å². The summed E-state index contributed by atoms with van der Waals surface area (Å²) in [6, 6.07) is 1.69. The Labute approximate surface area is 125 Å². The molecule has 21 heavy (non-hydrogen) atoms. The topological polar surface area (TPSA) is 41.1 Å². The number of rotatable bonds is 4. The maximum Gasteiger partial charge on any atom is 0.391 e. The second-order valence-electron chi connectivity index (χ2n) is 5.42. The van der Waals surface area contributed by atoms with Crippen molar-refractivity contribution in [3.05, 3.63) is 16.3 Å². The van der Waals surface area contributed by atoms with Crippen molar-refractivity contribution in [2.75, 3.05) is 5.32 Å². The summed E-state index contributed by atoms with van der Waals surface area (Å²) in [5, 5.41) is 7.79. The number of halogens is 3. The van der Waals surface area contributed by atoms with E-state index in [1.165, 1.54) is 18.3 Å². The second-order valence-corrected chi connectivity index (χ2v) is 6.42. The average molecular weight is 320 g/mol. The molecule has 1 aliphatic carbocycles. The molecule has 1 aliphatic rings. The predicted octanol–water partition coefficient (Wildman–Crippen LogP) is 3.92. The molecule has 1 heterocycles. The van der Waals surface area contributed by atoms with Crippen molar-refractivity contribution >= 4 is 22.9 Å². The number of anilines is 1. The molecule has 0 aliphatic heterocycles. The van der Waals surface area contributed by atoms with E-state index < -0.39 is 12.1 Å².